The fourth-order valence-corrected chi connectivity index (χ4v) is 3.31. The van der Waals surface area contributed by atoms with Gasteiger partial charge in [0.05, 0.1) is 6.54 Å². The third kappa shape index (κ3) is 3.38. The first-order chi connectivity index (χ1) is 10.7. The topological polar surface area (TPSA) is 59.8 Å². The standard InChI is InChI=1S/C16H19BrN4O/c17-14-4-1-3-13(9-14)16(6-2-7-16)10-19-15(22)5-8-21-12-18-11-20-21/h1,3-4,9,11-12H,2,5-8,10H2,(H,19,22). The number of nitrogens with one attached hydrogen (secondary N) is 1. The molecule has 1 aromatic carbocycles. The summed E-state index contributed by atoms with van der Waals surface area (Å²) in [7, 11) is 0. The predicted octanol–water partition coefficient (Wildman–Crippen LogP) is 2.67. The molecular formula is C16H19BrN4O. The number of amides is 1. The molecule has 1 aliphatic rings. The van der Waals surface area contributed by atoms with Crippen molar-refractivity contribution in [3.63, 3.8) is 0 Å². The summed E-state index contributed by atoms with van der Waals surface area (Å²) in [5.41, 5.74) is 1.41. The summed E-state index contributed by atoms with van der Waals surface area (Å²) in [5.74, 6) is 0.0665. The maximum atomic E-state index is 12.0. The Labute approximate surface area is 138 Å². The van der Waals surface area contributed by atoms with Gasteiger partial charge in [-0.15, -0.1) is 0 Å². The number of hydrogen-bond donors (Lipinski definition) is 1. The Balaban J connectivity index is 1.55. The molecule has 3 rings (SSSR count). The smallest absolute Gasteiger partial charge is 0.221 e. The van der Waals surface area contributed by atoms with Crippen LogP contribution in [0.15, 0.2) is 41.4 Å². The van der Waals surface area contributed by atoms with E-state index in [1.54, 1.807) is 11.0 Å². The highest BCUT2D eigenvalue weighted by atomic mass is 79.9. The van der Waals surface area contributed by atoms with E-state index in [9.17, 15) is 4.79 Å². The van der Waals surface area contributed by atoms with E-state index in [1.807, 2.05) is 6.07 Å². The molecule has 5 nitrogen and oxygen atoms in total. The van der Waals surface area contributed by atoms with Gasteiger partial charge in [-0.2, -0.15) is 5.10 Å². The second-order valence-electron chi connectivity index (χ2n) is 5.83. The van der Waals surface area contributed by atoms with Crippen molar-refractivity contribution in [1.82, 2.24) is 20.1 Å². The van der Waals surface area contributed by atoms with Crippen LogP contribution >= 0.6 is 15.9 Å². The maximum Gasteiger partial charge on any atom is 0.221 e. The quantitative estimate of drug-likeness (QED) is 0.859. The molecule has 0 bridgehead atoms. The van der Waals surface area contributed by atoms with Crippen LogP contribution < -0.4 is 5.32 Å². The Morgan fingerprint density at radius 3 is 2.91 bits per heavy atom. The molecule has 0 atom stereocenters. The second-order valence-corrected chi connectivity index (χ2v) is 6.75. The third-order valence-corrected chi connectivity index (χ3v) is 4.90. The Morgan fingerprint density at radius 2 is 2.27 bits per heavy atom. The summed E-state index contributed by atoms with van der Waals surface area (Å²) in [4.78, 5) is 15.9. The van der Waals surface area contributed by atoms with Gasteiger partial charge < -0.3 is 5.32 Å². The van der Waals surface area contributed by atoms with E-state index in [-0.39, 0.29) is 11.3 Å². The Morgan fingerprint density at radius 1 is 1.41 bits per heavy atom. The molecule has 0 radical (unpaired) electrons. The van der Waals surface area contributed by atoms with Crippen molar-refractivity contribution < 1.29 is 4.79 Å². The van der Waals surface area contributed by atoms with Crippen molar-refractivity contribution in [3.05, 3.63) is 47.0 Å². The molecule has 116 valence electrons. The number of carbonyl (C=O) groups excluding carboxylic acids is 1. The second kappa shape index (κ2) is 6.60. The van der Waals surface area contributed by atoms with Crippen LogP contribution in [0.1, 0.15) is 31.2 Å². The number of nitrogens with zero attached hydrogens (tertiary/aromatic N) is 3. The van der Waals surface area contributed by atoms with Gasteiger partial charge in [-0.05, 0) is 30.5 Å². The minimum atomic E-state index is 0.0665. The van der Waals surface area contributed by atoms with Crippen LogP contribution in [0.3, 0.4) is 0 Å². The largest absolute Gasteiger partial charge is 0.355 e. The Hall–Kier alpha value is -1.69. The van der Waals surface area contributed by atoms with E-state index in [1.165, 1.54) is 18.3 Å². The fourth-order valence-electron chi connectivity index (χ4n) is 2.91. The number of aryl methyl sites for hydroxylation is 1. The van der Waals surface area contributed by atoms with Crippen LogP contribution in [0.4, 0.5) is 0 Å². The average molecular weight is 363 g/mol. The van der Waals surface area contributed by atoms with Crippen LogP contribution in [-0.2, 0) is 16.8 Å². The normalized spacial score (nSPS) is 16.0. The Bertz CT molecular complexity index is 637. The van der Waals surface area contributed by atoms with Gasteiger partial charge in [0.2, 0.25) is 5.91 Å². The summed E-state index contributed by atoms with van der Waals surface area (Å²) in [5, 5.41) is 7.09. The number of rotatable bonds is 6. The third-order valence-electron chi connectivity index (χ3n) is 4.41. The molecule has 2 aromatic rings. The minimum absolute atomic E-state index is 0.0665. The van der Waals surface area contributed by atoms with Crippen molar-refractivity contribution in [2.24, 2.45) is 0 Å². The molecule has 6 heteroatoms. The van der Waals surface area contributed by atoms with Gasteiger partial charge in [0.25, 0.3) is 0 Å². The monoisotopic (exact) mass is 362 g/mol. The number of benzene rings is 1. The lowest BCUT2D eigenvalue weighted by Gasteiger charge is -2.42. The molecule has 22 heavy (non-hydrogen) atoms. The van der Waals surface area contributed by atoms with Crippen molar-refractivity contribution >= 4 is 21.8 Å². The van der Waals surface area contributed by atoms with Gasteiger partial charge in [-0.25, -0.2) is 4.98 Å². The summed E-state index contributed by atoms with van der Waals surface area (Å²) < 4.78 is 2.77. The fraction of sp³-hybridized carbons (Fsp3) is 0.438. The molecule has 0 aliphatic heterocycles. The average Bonchev–Trinajstić information content (AvgIpc) is 2.97. The summed E-state index contributed by atoms with van der Waals surface area (Å²) in [6, 6.07) is 8.42. The molecule has 1 fully saturated rings. The van der Waals surface area contributed by atoms with E-state index in [2.05, 4.69) is 49.5 Å². The summed E-state index contributed by atoms with van der Waals surface area (Å²) in [6.45, 7) is 1.27. The van der Waals surface area contributed by atoms with Crippen molar-refractivity contribution in [3.8, 4) is 0 Å². The molecule has 1 amide bonds. The molecule has 1 aromatic heterocycles. The first-order valence-corrected chi connectivity index (χ1v) is 8.32. The van der Waals surface area contributed by atoms with Crippen LogP contribution in [0.2, 0.25) is 0 Å². The SMILES string of the molecule is O=C(CCn1cncn1)NCC1(c2cccc(Br)c2)CCC1. The van der Waals surface area contributed by atoms with Crippen LogP contribution in [0.5, 0.6) is 0 Å². The lowest BCUT2D eigenvalue weighted by molar-refractivity contribution is -0.121. The maximum absolute atomic E-state index is 12.0. The van der Waals surface area contributed by atoms with Gasteiger partial charge in [0.1, 0.15) is 12.7 Å². The zero-order chi connectivity index (χ0) is 15.4. The van der Waals surface area contributed by atoms with E-state index in [0.29, 0.717) is 19.5 Å². The molecule has 0 unspecified atom stereocenters. The van der Waals surface area contributed by atoms with Crippen LogP contribution in [0, 0.1) is 0 Å². The van der Waals surface area contributed by atoms with E-state index < -0.39 is 0 Å². The van der Waals surface area contributed by atoms with Gasteiger partial charge in [0.15, 0.2) is 0 Å². The first kappa shape index (κ1) is 15.2. The van der Waals surface area contributed by atoms with Crippen molar-refractivity contribution in [2.45, 2.75) is 37.6 Å². The van der Waals surface area contributed by atoms with E-state index in [0.717, 1.165) is 17.3 Å². The number of carbonyl (C=O) groups is 1. The lowest BCUT2D eigenvalue weighted by Crippen LogP contribution is -2.45. The molecule has 1 aliphatic carbocycles. The predicted molar refractivity (Wildman–Crippen MR) is 87.3 cm³/mol. The van der Waals surface area contributed by atoms with Crippen molar-refractivity contribution in [2.75, 3.05) is 6.54 Å². The summed E-state index contributed by atoms with van der Waals surface area (Å²) in [6.07, 6.45) is 7.02. The number of aromatic nitrogens is 3. The number of hydrogen-bond acceptors (Lipinski definition) is 3. The molecule has 1 heterocycles. The minimum Gasteiger partial charge on any atom is -0.355 e. The Kier molecular flexibility index (Phi) is 4.57. The highest BCUT2D eigenvalue weighted by Crippen LogP contribution is 2.43. The van der Waals surface area contributed by atoms with Gasteiger partial charge in [0, 0.05) is 22.9 Å². The van der Waals surface area contributed by atoms with Gasteiger partial charge in [-0.1, -0.05) is 34.5 Å². The van der Waals surface area contributed by atoms with Gasteiger partial charge in [-0.3, -0.25) is 9.48 Å². The van der Waals surface area contributed by atoms with E-state index >= 15 is 0 Å². The lowest BCUT2D eigenvalue weighted by atomic mass is 9.64. The zero-order valence-corrected chi connectivity index (χ0v) is 13.9. The summed E-state index contributed by atoms with van der Waals surface area (Å²) >= 11 is 3.53. The molecular weight excluding hydrogens is 344 g/mol. The molecule has 0 saturated heterocycles. The van der Waals surface area contributed by atoms with Crippen LogP contribution in [-0.4, -0.2) is 27.2 Å². The van der Waals surface area contributed by atoms with E-state index in [4.69, 9.17) is 0 Å². The van der Waals surface area contributed by atoms with Crippen molar-refractivity contribution in [1.29, 1.82) is 0 Å². The highest BCUT2D eigenvalue weighted by molar-refractivity contribution is 9.10. The highest BCUT2D eigenvalue weighted by Gasteiger charge is 2.38. The van der Waals surface area contributed by atoms with Gasteiger partial charge >= 0.3 is 0 Å². The first-order valence-electron chi connectivity index (χ1n) is 7.53. The molecule has 1 saturated carbocycles. The zero-order valence-electron chi connectivity index (χ0n) is 12.3. The van der Waals surface area contributed by atoms with Crippen LogP contribution in [0.25, 0.3) is 0 Å². The molecule has 0 spiro atoms. The number of halogens is 1. The molecule has 1 N–H and O–H groups in total.